The maximum Gasteiger partial charge on any atom is 0.410 e. The molecule has 2 aromatic carbocycles. The Hall–Kier alpha value is -2.33. The van der Waals surface area contributed by atoms with E-state index in [1.54, 1.807) is 4.90 Å². The minimum Gasteiger partial charge on any atom is -0.445 e. The van der Waals surface area contributed by atoms with Crippen LogP contribution in [0.2, 0.25) is 0 Å². The summed E-state index contributed by atoms with van der Waals surface area (Å²) in [5.41, 5.74) is 1.95. The summed E-state index contributed by atoms with van der Waals surface area (Å²) in [6, 6.07) is 19.0. The average Bonchev–Trinajstić information content (AvgIpc) is 2.61. The molecule has 23 heavy (non-hydrogen) atoms. The topological polar surface area (TPSA) is 49.8 Å². The van der Waals surface area contributed by atoms with E-state index in [1.165, 1.54) is 0 Å². The number of hydrogen-bond acceptors (Lipinski definition) is 3. The van der Waals surface area contributed by atoms with Crippen molar-refractivity contribution in [1.29, 1.82) is 0 Å². The number of carbonyl (C=O) groups is 1. The van der Waals surface area contributed by atoms with Gasteiger partial charge in [-0.1, -0.05) is 67.6 Å². The predicted molar refractivity (Wildman–Crippen MR) is 89.8 cm³/mol. The molecule has 0 aliphatic heterocycles. The lowest BCUT2D eigenvalue weighted by Gasteiger charge is -2.29. The maximum atomic E-state index is 12.5. The fourth-order valence-corrected chi connectivity index (χ4v) is 2.37. The highest BCUT2D eigenvalue weighted by atomic mass is 16.6. The molecule has 2 rings (SSSR count). The zero-order chi connectivity index (χ0) is 16.5. The van der Waals surface area contributed by atoms with Crippen molar-refractivity contribution in [2.24, 2.45) is 0 Å². The largest absolute Gasteiger partial charge is 0.445 e. The zero-order valence-electron chi connectivity index (χ0n) is 13.4. The first-order valence-corrected chi connectivity index (χ1v) is 7.86. The van der Waals surface area contributed by atoms with Gasteiger partial charge < -0.3 is 9.84 Å². The molecule has 0 radical (unpaired) electrons. The van der Waals surface area contributed by atoms with Gasteiger partial charge in [-0.05, 0) is 17.5 Å². The van der Waals surface area contributed by atoms with E-state index in [4.69, 9.17) is 4.74 Å². The van der Waals surface area contributed by atoms with E-state index in [1.807, 2.05) is 67.6 Å². The second-order valence-electron chi connectivity index (χ2n) is 5.40. The Balaban J connectivity index is 2.04. The molecule has 0 aliphatic rings. The average molecular weight is 313 g/mol. The van der Waals surface area contributed by atoms with Gasteiger partial charge in [-0.15, -0.1) is 0 Å². The number of hydrogen-bond donors (Lipinski definition) is 1. The summed E-state index contributed by atoms with van der Waals surface area (Å²) in [7, 11) is 0. The molecule has 4 nitrogen and oxygen atoms in total. The van der Waals surface area contributed by atoms with Gasteiger partial charge in [-0.25, -0.2) is 4.79 Å². The number of carbonyl (C=O) groups excluding carboxylic acids is 1. The Bertz CT molecular complexity index is 582. The summed E-state index contributed by atoms with van der Waals surface area (Å²) >= 11 is 0. The van der Waals surface area contributed by atoms with Gasteiger partial charge in [0, 0.05) is 6.54 Å². The summed E-state index contributed by atoms with van der Waals surface area (Å²) in [6.45, 7) is 2.52. The van der Waals surface area contributed by atoms with Crippen molar-refractivity contribution in [3.8, 4) is 0 Å². The molecule has 1 atom stereocenters. The molecule has 122 valence electrons. The normalized spacial score (nSPS) is 11.7. The fraction of sp³-hybridized carbons (Fsp3) is 0.316. The summed E-state index contributed by atoms with van der Waals surface area (Å²) in [4.78, 5) is 14.1. The van der Waals surface area contributed by atoms with Gasteiger partial charge in [-0.3, -0.25) is 4.90 Å². The van der Waals surface area contributed by atoms with Crippen molar-refractivity contribution < 1.29 is 14.6 Å². The van der Waals surface area contributed by atoms with Crippen molar-refractivity contribution in [1.82, 2.24) is 4.90 Å². The molecule has 1 N–H and O–H groups in total. The van der Waals surface area contributed by atoms with E-state index in [2.05, 4.69) is 0 Å². The van der Waals surface area contributed by atoms with E-state index in [0.29, 0.717) is 13.0 Å². The molecule has 0 spiro atoms. The van der Waals surface area contributed by atoms with Crippen molar-refractivity contribution in [3.63, 3.8) is 0 Å². The monoisotopic (exact) mass is 313 g/mol. The molecule has 4 heteroatoms. The second kappa shape index (κ2) is 8.96. The Morgan fingerprint density at radius 3 is 2.13 bits per heavy atom. The molecule has 0 aliphatic carbocycles. The summed E-state index contributed by atoms with van der Waals surface area (Å²) in [5.74, 6) is 0. The number of nitrogens with zero attached hydrogens (tertiary/aromatic N) is 1. The van der Waals surface area contributed by atoms with Crippen LogP contribution in [0, 0.1) is 0 Å². The van der Waals surface area contributed by atoms with Crippen molar-refractivity contribution in [3.05, 3.63) is 71.8 Å². The molecule has 0 saturated carbocycles. The smallest absolute Gasteiger partial charge is 0.410 e. The SMILES string of the molecule is CCC(CO)N(Cc1ccccc1)C(=O)OCc1ccccc1. The molecular formula is C19H23NO3. The number of aliphatic hydroxyl groups is 1. The predicted octanol–water partition coefficient (Wildman–Crippen LogP) is 3.60. The molecule has 1 amide bonds. The number of amides is 1. The van der Waals surface area contributed by atoms with Gasteiger partial charge in [0.25, 0.3) is 0 Å². The highest BCUT2D eigenvalue weighted by Gasteiger charge is 2.23. The third-order valence-corrected chi connectivity index (χ3v) is 3.76. The minimum absolute atomic E-state index is 0.0796. The molecule has 0 bridgehead atoms. The summed E-state index contributed by atoms with van der Waals surface area (Å²) < 4.78 is 5.42. The first-order valence-electron chi connectivity index (χ1n) is 7.86. The Morgan fingerprint density at radius 2 is 1.61 bits per heavy atom. The molecule has 0 aromatic heterocycles. The Morgan fingerprint density at radius 1 is 1.04 bits per heavy atom. The van der Waals surface area contributed by atoms with Gasteiger partial charge in [0.1, 0.15) is 6.61 Å². The van der Waals surface area contributed by atoms with E-state index in [-0.39, 0.29) is 19.3 Å². The summed E-state index contributed by atoms with van der Waals surface area (Å²) in [5, 5.41) is 9.56. The van der Waals surface area contributed by atoms with Crippen molar-refractivity contribution >= 4 is 6.09 Å². The van der Waals surface area contributed by atoms with E-state index >= 15 is 0 Å². The van der Waals surface area contributed by atoms with Crippen LogP contribution in [-0.4, -0.2) is 28.7 Å². The lowest BCUT2D eigenvalue weighted by molar-refractivity contribution is 0.0595. The van der Waals surface area contributed by atoms with Gasteiger partial charge in [0.15, 0.2) is 0 Å². The summed E-state index contributed by atoms with van der Waals surface area (Å²) in [6.07, 6.45) is 0.266. The van der Waals surface area contributed by atoms with Crippen LogP contribution < -0.4 is 0 Å². The van der Waals surface area contributed by atoms with Crippen LogP contribution in [0.4, 0.5) is 4.79 Å². The van der Waals surface area contributed by atoms with Crippen LogP contribution in [0.1, 0.15) is 24.5 Å². The highest BCUT2D eigenvalue weighted by molar-refractivity contribution is 5.68. The lowest BCUT2D eigenvalue weighted by Crippen LogP contribution is -2.41. The fourth-order valence-electron chi connectivity index (χ4n) is 2.37. The number of rotatable bonds is 7. The van der Waals surface area contributed by atoms with Crippen LogP contribution in [0.25, 0.3) is 0 Å². The van der Waals surface area contributed by atoms with E-state index in [0.717, 1.165) is 11.1 Å². The maximum absolute atomic E-state index is 12.5. The third kappa shape index (κ3) is 5.11. The van der Waals surface area contributed by atoms with Crippen LogP contribution in [0.15, 0.2) is 60.7 Å². The van der Waals surface area contributed by atoms with Gasteiger partial charge in [0.2, 0.25) is 0 Å². The molecule has 0 fully saturated rings. The number of aliphatic hydroxyl groups excluding tert-OH is 1. The van der Waals surface area contributed by atoms with Gasteiger partial charge in [0.05, 0.1) is 12.6 Å². The number of ether oxygens (including phenoxy) is 1. The van der Waals surface area contributed by atoms with E-state index in [9.17, 15) is 9.90 Å². The van der Waals surface area contributed by atoms with Crippen LogP contribution >= 0.6 is 0 Å². The minimum atomic E-state index is -0.404. The quantitative estimate of drug-likeness (QED) is 0.849. The molecule has 1 unspecified atom stereocenters. The molecule has 0 saturated heterocycles. The molecule has 2 aromatic rings. The second-order valence-corrected chi connectivity index (χ2v) is 5.40. The third-order valence-electron chi connectivity index (χ3n) is 3.76. The first-order chi connectivity index (χ1) is 11.2. The van der Waals surface area contributed by atoms with Gasteiger partial charge >= 0.3 is 6.09 Å². The Labute approximate surface area is 137 Å². The van der Waals surface area contributed by atoms with E-state index < -0.39 is 6.09 Å². The highest BCUT2D eigenvalue weighted by Crippen LogP contribution is 2.13. The van der Waals surface area contributed by atoms with Crippen LogP contribution in [0.5, 0.6) is 0 Å². The first kappa shape index (κ1) is 17.0. The van der Waals surface area contributed by atoms with Gasteiger partial charge in [-0.2, -0.15) is 0 Å². The molecule has 0 heterocycles. The van der Waals surface area contributed by atoms with Crippen LogP contribution in [-0.2, 0) is 17.9 Å². The standard InChI is InChI=1S/C19H23NO3/c1-2-18(14-21)20(13-16-9-5-3-6-10-16)19(22)23-15-17-11-7-4-8-12-17/h3-12,18,21H,2,13-15H2,1H3. The Kier molecular flexibility index (Phi) is 6.63. The van der Waals surface area contributed by atoms with Crippen LogP contribution in [0.3, 0.4) is 0 Å². The zero-order valence-corrected chi connectivity index (χ0v) is 13.4. The molecular weight excluding hydrogens is 290 g/mol. The van der Waals surface area contributed by atoms with Crippen molar-refractivity contribution in [2.75, 3.05) is 6.61 Å². The number of benzene rings is 2. The lowest BCUT2D eigenvalue weighted by atomic mass is 10.1. The van der Waals surface area contributed by atoms with Crippen molar-refractivity contribution in [2.45, 2.75) is 32.5 Å².